The van der Waals surface area contributed by atoms with Gasteiger partial charge in [-0.05, 0) is 51.4 Å². The number of hydrogen-bond donors (Lipinski definition) is 2. The van der Waals surface area contributed by atoms with Crippen molar-refractivity contribution in [1.29, 1.82) is 0 Å². The van der Waals surface area contributed by atoms with Crippen LogP contribution in [0.4, 0.5) is 0 Å². The molecule has 0 saturated carbocycles. The molecule has 2 rings (SSSR count). The first kappa shape index (κ1) is 14.6. The van der Waals surface area contributed by atoms with Crippen LogP contribution >= 0.6 is 0 Å². The Hall–Kier alpha value is -0.850. The average Bonchev–Trinajstić information content (AvgIpc) is 2.90. The first-order valence-electron chi connectivity index (χ1n) is 6.82. The molecule has 0 bridgehead atoms. The van der Waals surface area contributed by atoms with Crippen molar-refractivity contribution in [2.45, 2.75) is 43.9 Å². The van der Waals surface area contributed by atoms with E-state index in [-0.39, 0.29) is 11.3 Å². The number of hydrogen-bond acceptors (Lipinski definition) is 4. The van der Waals surface area contributed by atoms with E-state index in [1.807, 2.05) is 19.1 Å². The van der Waals surface area contributed by atoms with E-state index in [1.54, 1.807) is 6.26 Å². The summed E-state index contributed by atoms with van der Waals surface area (Å²) >= 11 is 0. The molecule has 1 aromatic heterocycles. The zero-order chi connectivity index (χ0) is 13.7. The molecular weight excluding hydrogens is 264 g/mol. The summed E-state index contributed by atoms with van der Waals surface area (Å²) in [4.78, 5) is 0. The van der Waals surface area contributed by atoms with Crippen LogP contribution in [0.15, 0.2) is 22.8 Å². The Morgan fingerprint density at radius 1 is 1.47 bits per heavy atom. The molecule has 1 saturated heterocycles. The van der Waals surface area contributed by atoms with E-state index in [1.165, 1.54) is 0 Å². The lowest BCUT2D eigenvalue weighted by Gasteiger charge is -2.24. The van der Waals surface area contributed by atoms with Crippen molar-refractivity contribution in [3.63, 3.8) is 0 Å². The Morgan fingerprint density at radius 2 is 2.21 bits per heavy atom. The van der Waals surface area contributed by atoms with E-state index in [0.29, 0.717) is 12.8 Å². The molecule has 1 fully saturated rings. The third-order valence-electron chi connectivity index (χ3n) is 3.49. The molecule has 0 radical (unpaired) electrons. The van der Waals surface area contributed by atoms with Crippen LogP contribution in [0.5, 0.6) is 0 Å². The summed E-state index contributed by atoms with van der Waals surface area (Å²) in [6.07, 6.45) is 4.53. The number of sulfonamides is 1. The van der Waals surface area contributed by atoms with Gasteiger partial charge < -0.3 is 9.73 Å². The van der Waals surface area contributed by atoms with Gasteiger partial charge in [-0.3, -0.25) is 0 Å². The van der Waals surface area contributed by atoms with Gasteiger partial charge in [-0.1, -0.05) is 0 Å². The van der Waals surface area contributed by atoms with Crippen molar-refractivity contribution in [3.05, 3.63) is 24.2 Å². The predicted molar refractivity (Wildman–Crippen MR) is 74.4 cm³/mol. The van der Waals surface area contributed by atoms with Gasteiger partial charge in [-0.2, -0.15) is 0 Å². The molecule has 108 valence electrons. The summed E-state index contributed by atoms with van der Waals surface area (Å²) in [5.74, 6) is 0.896. The van der Waals surface area contributed by atoms with Crippen molar-refractivity contribution >= 4 is 10.0 Å². The molecule has 0 aliphatic carbocycles. The summed E-state index contributed by atoms with van der Waals surface area (Å²) in [7, 11) is -3.19. The van der Waals surface area contributed by atoms with Crippen LogP contribution in [0.1, 0.15) is 31.9 Å². The molecule has 1 aromatic rings. The highest BCUT2D eigenvalue weighted by Gasteiger charge is 2.28. The third kappa shape index (κ3) is 4.33. The molecule has 2 N–H and O–H groups in total. The van der Waals surface area contributed by atoms with Crippen molar-refractivity contribution in [2.24, 2.45) is 0 Å². The maximum atomic E-state index is 12.2. The fourth-order valence-electron chi connectivity index (χ4n) is 2.35. The average molecular weight is 286 g/mol. The molecule has 2 heterocycles. The monoisotopic (exact) mass is 286 g/mol. The second kappa shape index (κ2) is 6.54. The maximum Gasteiger partial charge on any atom is 0.214 e. The second-order valence-electron chi connectivity index (χ2n) is 5.13. The lowest BCUT2D eigenvalue weighted by atomic mass is 10.2. The Bertz CT molecular complexity index is 464. The number of aryl methyl sites for hydroxylation is 1. The van der Waals surface area contributed by atoms with Crippen LogP contribution in [-0.4, -0.2) is 32.8 Å². The van der Waals surface area contributed by atoms with Crippen molar-refractivity contribution < 1.29 is 12.8 Å². The first-order valence-corrected chi connectivity index (χ1v) is 8.37. The lowest BCUT2D eigenvalue weighted by Crippen LogP contribution is -2.44. The van der Waals surface area contributed by atoms with Crippen LogP contribution < -0.4 is 10.0 Å². The Morgan fingerprint density at radius 3 is 2.84 bits per heavy atom. The Labute approximate surface area is 114 Å². The zero-order valence-corrected chi connectivity index (χ0v) is 12.1. The van der Waals surface area contributed by atoms with E-state index in [0.717, 1.165) is 31.7 Å². The molecule has 1 aliphatic rings. The van der Waals surface area contributed by atoms with Crippen LogP contribution in [0.2, 0.25) is 0 Å². The van der Waals surface area contributed by atoms with E-state index < -0.39 is 10.0 Å². The molecule has 0 spiro atoms. The van der Waals surface area contributed by atoms with Gasteiger partial charge in [0.1, 0.15) is 5.76 Å². The molecule has 5 nitrogen and oxygen atoms in total. The van der Waals surface area contributed by atoms with Crippen LogP contribution in [-0.2, 0) is 16.4 Å². The lowest BCUT2D eigenvalue weighted by molar-refractivity contribution is 0.465. The Balaban J connectivity index is 1.81. The van der Waals surface area contributed by atoms with E-state index in [2.05, 4.69) is 10.0 Å². The first-order chi connectivity index (χ1) is 9.08. The number of furan rings is 1. The van der Waals surface area contributed by atoms with Gasteiger partial charge in [0, 0.05) is 12.5 Å². The number of nitrogens with one attached hydrogen (secondary N) is 2. The van der Waals surface area contributed by atoms with Gasteiger partial charge in [0.05, 0.1) is 11.5 Å². The number of rotatable bonds is 6. The molecule has 0 aromatic carbocycles. The summed E-state index contributed by atoms with van der Waals surface area (Å²) in [5, 5.41) is 2.93. The van der Waals surface area contributed by atoms with Gasteiger partial charge in [0.15, 0.2) is 0 Å². The van der Waals surface area contributed by atoms with Gasteiger partial charge in [-0.15, -0.1) is 0 Å². The highest BCUT2D eigenvalue weighted by atomic mass is 32.2. The quantitative estimate of drug-likeness (QED) is 0.826. The van der Waals surface area contributed by atoms with E-state index in [9.17, 15) is 8.42 Å². The van der Waals surface area contributed by atoms with Crippen molar-refractivity contribution in [2.75, 3.05) is 13.1 Å². The normalized spacial score (nSPS) is 19.4. The highest BCUT2D eigenvalue weighted by Crippen LogP contribution is 2.14. The van der Waals surface area contributed by atoms with Gasteiger partial charge in [0.2, 0.25) is 10.0 Å². The molecular formula is C13H22N2O3S. The fraction of sp³-hybridized carbons (Fsp3) is 0.692. The summed E-state index contributed by atoms with van der Waals surface area (Å²) in [5.41, 5.74) is 0. The number of piperidine rings is 1. The van der Waals surface area contributed by atoms with E-state index in [4.69, 9.17) is 4.42 Å². The molecule has 6 heteroatoms. The zero-order valence-electron chi connectivity index (χ0n) is 11.3. The molecule has 1 aliphatic heterocycles. The van der Waals surface area contributed by atoms with Crippen molar-refractivity contribution in [3.8, 4) is 0 Å². The minimum atomic E-state index is -3.19. The van der Waals surface area contributed by atoms with Crippen LogP contribution in [0, 0.1) is 0 Å². The second-order valence-corrected chi connectivity index (χ2v) is 7.12. The highest BCUT2D eigenvalue weighted by molar-refractivity contribution is 7.90. The molecule has 0 amide bonds. The minimum Gasteiger partial charge on any atom is -0.469 e. The molecule has 1 atom stereocenters. The maximum absolute atomic E-state index is 12.2. The largest absolute Gasteiger partial charge is 0.469 e. The standard InChI is InChI=1S/C13H22N2O3S/c1-11(4-5-12-3-2-10-18-12)15-19(16,17)13-6-8-14-9-7-13/h2-3,10-11,13-15H,4-9H2,1H3. The molecule has 1 unspecified atom stereocenters. The third-order valence-corrected chi connectivity index (χ3v) is 5.57. The summed E-state index contributed by atoms with van der Waals surface area (Å²) in [6.45, 7) is 3.47. The van der Waals surface area contributed by atoms with Gasteiger partial charge in [-0.25, -0.2) is 13.1 Å². The summed E-state index contributed by atoms with van der Waals surface area (Å²) < 4.78 is 32.4. The van der Waals surface area contributed by atoms with Crippen molar-refractivity contribution in [1.82, 2.24) is 10.0 Å². The smallest absolute Gasteiger partial charge is 0.214 e. The van der Waals surface area contributed by atoms with E-state index >= 15 is 0 Å². The van der Waals surface area contributed by atoms with Crippen LogP contribution in [0.25, 0.3) is 0 Å². The van der Waals surface area contributed by atoms with Gasteiger partial charge >= 0.3 is 0 Å². The van der Waals surface area contributed by atoms with Gasteiger partial charge in [0.25, 0.3) is 0 Å². The fourth-order valence-corrected chi connectivity index (χ4v) is 4.08. The Kier molecular flexibility index (Phi) is 5.01. The predicted octanol–water partition coefficient (Wildman–Crippen LogP) is 1.27. The molecule has 19 heavy (non-hydrogen) atoms. The summed E-state index contributed by atoms with van der Waals surface area (Å²) in [6, 6.07) is 3.69. The van der Waals surface area contributed by atoms with Crippen LogP contribution in [0.3, 0.4) is 0 Å². The topological polar surface area (TPSA) is 71.3 Å². The SMILES string of the molecule is CC(CCc1ccco1)NS(=O)(=O)C1CCNCC1. The minimum absolute atomic E-state index is 0.0648.